The van der Waals surface area contributed by atoms with Gasteiger partial charge in [0.2, 0.25) is 0 Å². The molecular formula is C12H18BrNO. The van der Waals surface area contributed by atoms with E-state index in [2.05, 4.69) is 41.1 Å². The van der Waals surface area contributed by atoms with Gasteiger partial charge >= 0.3 is 0 Å². The van der Waals surface area contributed by atoms with E-state index >= 15 is 0 Å². The molecule has 1 rings (SSSR count). The number of aliphatic hydroxyl groups excluding tert-OH is 1. The molecule has 3 N–H and O–H groups in total. The molecule has 0 aliphatic carbocycles. The van der Waals surface area contributed by atoms with Gasteiger partial charge in [-0.05, 0) is 49.9 Å². The lowest BCUT2D eigenvalue weighted by atomic mass is 9.93. The first kappa shape index (κ1) is 12.7. The number of rotatable bonds is 4. The van der Waals surface area contributed by atoms with E-state index in [1.165, 1.54) is 11.1 Å². The molecule has 3 heteroatoms. The summed E-state index contributed by atoms with van der Waals surface area (Å²) >= 11 is 3.54. The van der Waals surface area contributed by atoms with Crippen molar-refractivity contribution in [3.8, 4) is 0 Å². The smallest absolute Gasteiger partial charge is 0.0518 e. The summed E-state index contributed by atoms with van der Waals surface area (Å²) in [7, 11) is 0. The maximum absolute atomic E-state index is 9.39. The van der Waals surface area contributed by atoms with E-state index < -0.39 is 0 Å². The molecule has 0 fully saturated rings. The normalized spacial score (nSPS) is 15.0. The van der Waals surface area contributed by atoms with Crippen LogP contribution < -0.4 is 5.73 Å². The second-order valence-corrected chi connectivity index (χ2v) is 4.90. The van der Waals surface area contributed by atoms with Crippen LogP contribution in [0.3, 0.4) is 0 Å². The van der Waals surface area contributed by atoms with Gasteiger partial charge in [0.25, 0.3) is 0 Å². The fraction of sp³-hybridized carbons (Fsp3) is 0.500. The summed E-state index contributed by atoms with van der Waals surface area (Å²) < 4.78 is 1.08. The molecule has 0 amide bonds. The summed E-state index contributed by atoms with van der Waals surface area (Å²) in [6.45, 7) is 4.41. The van der Waals surface area contributed by atoms with Crippen molar-refractivity contribution in [2.75, 3.05) is 6.54 Å². The Bertz CT molecular complexity index is 325. The SMILES string of the molecule is Cc1ccc(C(CN)CC(C)O)c(Br)c1. The lowest BCUT2D eigenvalue weighted by molar-refractivity contribution is 0.175. The van der Waals surface area contributed by atoms with Crippen molar-refractivity contribution in [3.05, 3.63) is 33.8 Å². The number of hydrogen-bond acceptors (Lipinski definition) is 2. The first-order valence-electron chi connectivity index (χ1n) is 5.18. The number of hydrogen-bond donors (Lipinski definition) is 2. The average molecular weight is 272 g/mol. The number of nitrogens with two attached hydrogens (primary N) is 1. The van der Waals surface area contributed by atoms with Gasteiger partial charge in [0, 0.05) is 4.47 Å². The third kappa shape index (κ3) is 3.59. The van der Waals surface area contributed by atoms with Crippen LogP contribution in [0, 0.1) is 6.92 Å². The average Bonchev–Trinajstić information content (AvgIpc) is 2.14. The number of aliphatic hydroxyl groups is 1. The minimum atomic E-state index is -0.313. The van der Waals surface area contributed by atoms with Crippen molar-refractivity contribution >= 4 is 15.9 Å². The van der Waals surface area contributed by atoms with Gasteiger partial charge < -0.3 is 10.8 Å². The minimum Gasteiger partial charge on any atom is -0.393 e. The number of halogens is 1. The molecule has 2 nitrogen and oxygen atoms in total. The Morgan fingerprint density at radius 2 is 2.13 bits per heavy atom. The van der Waals surface area contributed by atoms with Crippen LogP contribution in [0.15, 0.2) is 22.7 Å². The van der Waals surface area contributed by atoms with E-state index in [4.69, 9.17) is 5.73 Å². The lowest BCUT2D eigenvalue weighted by Gasteiger charge is -2.18. The Morgan fingerprint density at radius 1 is 1.47 bits per heavy atom. The van der Waals surface area contributed by atoms with Crippen molar-refractivity contribution < 1.29 is 5.11 Å². The van der Waals surface area contributed by atoms with E-state index in [0.29, 0.717) is 13.0 Å². The van der Waals surface area contributed by atoms with Gasteiger partial charge in [-0.1, -0.05) is 28.1 Å². The highest BCUT2D eigenvalue weighted by Gasteiger charge is 2.15. The molecule has 2 atom stereocenters. The van der Waals surface area contributed by atoms with Gasteiger partial charge in [0.1, 0.15) is 0 Å². The second-order valence-electron chi connectivity index (χ2n) is 4.04. The molecule has 0 saturated heterocycles. The summed E-state index contributed by atoms with van der Waals surface area (Å²) in [5.74, 6) is 0.222. The second kappa shape index (κ2) is 5.64. The van der Waals surface area contributed by atoms with Gasteiger partial charge in [-0.25, -0.2) is 0 Å². The molecule has 0 aliphatic rings. The molecule has 0 aliphatic heterocycles. The van der Waals surface area contributed by atoms with Gasteiger partial charge in [0.05, 0.1) is 6.10 Å². The Balaban J connectivity index is 2.91. The lowest BCUT2D eigenvalue weighted by Crippen LogP contribution is -2.18. The zero-order valence-electron chi connectivity index (χ0n) is 9.20. The van der Waals surface area contributed by atoms with E-state index in [1.54, 1.807) is 6.92 Å². The first-order valence-corrected chi connectivity index (χ1v) is 5.98. The number of benzene rings is 1. The summed E-state index contributed by atoms with van der Waals surface area (Å²) in [5.41, 5.74) is 8.13. The first-order chi connectivity index (χ1) is 7.04. The molecule has 2 unspecified atom stereocenters. The minimum absolute atomic E-state index is 0.222. The molecule has 0 bridgehead atoms. The van der Waals surface area contributed by atoms with Crippen LogP contribution in [0.2, 0.25) is 0 Å². The molecule has 0 saturated carbocycles. The largest absolute Gasteiger partial charge is 0.393 e. The van der Waals surface area contributed by atoms with Gasteiger partial charge in [0.15, 0.2) is 0 Å². The monoisotopic (exact) mass is 271 g/mol. The molecule has 1 aromatic rings. The quantitative estimate of drug-likeness (QED) is 0.884. The van der Waals surface area contributed by atoms with Crippen LogP contribution in [-0.4, -0.2) is 17.8 Å². The van der Waals surface area contributed by atoms with Crippen molar-refractivity contribution in [1.82, 2.24) is 0 Å². The summed E-state index contributed by atoms with van der Waals surface area (Å²) in [5, 5.41) is 9.39. The van der Waals surface area contributed by atoms with E-state index in [9.17, 15) is 5.11 Å². The summed E-state index contributed by atoms with van der Waals surface area (Å²) in [4.78, 5) is 0. The highest BCUT2D eigenvalue weighted by Crippen LogP contribution is 2.28. The van der Waals surface area contributed by atoms with Crippen LogP contribution >= 0.6 is 15.9 Å². The Hall–Kier alpha value is -0.380. The predicted octanol–water partition coefficient (Wildman–Crippen LogP) is 2.57. The van der Waals surface area contributed by atoms with Crippen molar-refractivity contribution in [2.45, 2.75) is 32.3 Å². The molecule has 0 spiro atoms. The standard InChI is InChI=1S/C12H18BrNO/c1-8-3-4-11(12(13)5-8)10(7-14)6-9(2)15/h3-5,9-10,15H,6-7,14H2,1-2H3. The summed E-state index contributed by atoms with van der Waals surface area (Å²) in [6.07, 6.45) is 0.393. The van der Waals surface area contributed by atoms with Crippen molar-refractivity contribution in [1.29, 1.82) is 0 Å². The molecule has 0 radical (unpaired) electrons. The molecular weight excluding hydrogens is 254 g/mol. The fourth-order valence-corrected chi connectivity index (χ4v) is 2.54. The van der Waals surface area contributed by atoms with Gasteiger partial charge in [-0.15, -0.1) is 0 Å². The highest BCUT2D eigenvalue weighted by molar-refractivity contribution is 9.10. The molecule has 84 valence electrons. The maximum atomic E-state index is 9.39. The topological polar surface area (TPSA) is 46.2 Å². The zero-order valence-corrected chi connectivity index (χ0v) is 10.8. The van der Waals surface area contributed by atoms with Crippen LogP contribution in [0.1, 0.15) is 30.4 Å². The molecule has 1 aromatic carbocycles. The van der Waals surface area contributed by atoms with Crippen LogP contribution in [0.4, 0.5) is 0 Å². The van der Waals surface area contributed by atoms with Crippen LogP contribution in [0.25, 0.3) is 0 Å². The van der Waals surface area contributed by atoms with Gasteiger partial charge in [-0.2, -0.15) is 0 Å². The highest BCUT2D eigenvalue weighted by atomic mass is 79.9. The van der Waals surface area contributed by atoms with Crippen molar-refractivity contribution in [3.63, 3.8) is 0 Å². The number of aryl methyl sites for hydroxylation is 1. The molecule has 15 heavy (non-hydrogen) atoms. The third-order valence-corrected chi connectivity index (χ3v) is 3.19. The van der Waals surface area contributed by atoms with Crippen molar-refractivity contribution in [2.24, 2.45) is 5.73 Å². The Morgan fingerprint density at radius 3 is 2.60 bits per heavy atom. The predicted molar refractivity (Wildman–Crippen MR) is 67.0 cm³/mol. The Labute approximate surface area is 99.6 Å². The molecule has 0 aromatic heterocycles. The van der Waals surface area contributed by atoms with E-state index in [0.717, 1.165) is 4.47 Å². The van der Waals surface area contributed by atoms with Crippen LogP contribution in [0.5, 0.6) is 0 Å². The Kier molecular flexibility index (Phi) is 4.77. The van der Waals surface area contributed by atoms with E-state index in [1.807, 2.05) is 0 Å². The molecule has 0 heterocycles. The van der Waals surface area contributed by atoms with E-state index in [-0.39, 0.29) is 12.0 Å². The summed E-state index contributed by atoms with van der Waals surface area (Å²) in [6, 6.07) is 6.24. The zero-order chi connectivity index (χ0) is 11.4. The van der Waals surface area contributed by atoms with Gasteiger partial charge in [-0.3, -0.25) is 0 Å². The third-order valence-electron chi connectivity index (χ3n) is 2.51. The fourth-order valence-electron chi connectivity index (χ4n) is 1.73. The maximum Gasteiger partial charge on any atom is 0.0518 e. The van der Waals surface area contributed by atoms with Crippen LogP contribution in [-0.2, 0) is 0 Å².